The van der Waals surface area contributed by atoms with E-state index in [2.05, 4.69) is 37.9 Å². The summed E-state index contributed by atoms with van der Waals surface area (Å²) in [6, 6.07) is 8.12. The molecule has 0 aliphatic carbocycles. The first-order chi connectivity index (χ1) is 12.2. The minimum Gasteiger partial charge on any atom is -0.486 e. The van der Waals surface area contributed by atoms with Gasteiger partial charge in [-0.15, -0.1) is 0 Å². The minimum absolute atomic E-state index is 0.0540. The molecule has 0 N–H and O–H groups in total. The van der Waals surface area contributed by atoms with Gasteiger partial charge in [0, 0.05) is 43.3 Å². The van der Waals surface area contributed by atoms with Crippen LogP contribution in [0.5, 0.6) is 5.75 Å². The number of nitrogens with zero attached hydrogens (tertiary/aromatic N) is 4. The van der Waals surface area contributed by atoms with E-state index >= 15 is 0 Å². The van der Waals surface area contributed by atoms with Crippen molar-refractivity contribution < 1.29 is 9.26 Å². The van der Waals surface area contributed by atoms with Crippen molar-refractivity contribution in [3.05, 3.63) is 65.6 Å². The van der Waals surface area contributed by atoms with Gasteiger partial charge in [0.1, 0.15) is 17.6 Å². The first kappa shape index (κ1) is 15.9. The van der Waals surface area contributed by atoms with Crippen molar-refractivity contribution in [2.75, 3.05) is 6.54 Å². The molecule has 0 bridgehead atoms. The summed E-state index contributed by atoms with van der Waals surface area (Å²) >= 11 is 0. The van der Waals surface area contributed by atoms with Gasteiger partial charge < -0.3 is 13.8 Å². The Morgan fingerprint density at radius 1 is 1.24 bits per heavy atom. The van der Waals surface area contributed by atoms with Gasteiger partial charge in [0.2, 0.25) is 0 Å². The molecule has 0 amide bonds. The van der Waals surface area contributed by atoms with Crippen LogP contribution in [0.2, 0.25) is 0 Å². The van der Waals surface area contributed by atoms with Crippen molar-refractivity contribution >= 4 is 0 Å². The maximum Gasteiger partial charge on any atom is 0.138 e. The molecule has 0 aromatic carbocycles. The van der Waals surface area contributed by atoms with Crippen LogP contribution in [0.25, 0.3) is 0 Å². The molecule has 0 radical (unpaired) electrons. The average Bonchev–Trinajstić information content (AvgIpc) is 3.12. The second-order valence-electron chi connectivity index (χ2n) is 6.55. The van der Waals surface area contributed by atoms with Crippen LogP contribution in [0.3, 0.4) is 0 Å². The van der Waals surface area contributed by atoms with Gasteiger partial charge in [0.15, 0.2) is 0 Å². The van der Waals surface area contributed by atoms with E-state index in [1.165, 1.54) is 11.3 Å². The number of fused-ring (bicyclic) bond motifs is 1. The third kappa shape index (κ3) is 3.44. The van der Waals surface area contributed by atoms with E-state index in [0.29, 0.717) is 0 Å². The molecule has 6 heteroatoms. The summed E-state index contributed by atoms with van der Waals surface area (Å²) in [6.07, 6.45) is 5.70. The van der Waals surface area contributed by atoms with E-state index < -0.39 is 0 Å². The number of pyridine rings is 1. The Morgan fingerprint density at radius 2 is 2.16 bits per heavy atom. The zero-order valence-electron chi connectivity index (χ0n) is 14.6. The first-order valence-electron chi connectivity index (χ1n) is 8.54. The Labute approximate surface area is 147 Å². The normalized spacial score (nSPS) is 17.9. The number of hydrogen-bond donors (Lipinski definition) is 0. The maximum atomic E-state index is 6.21. The summed E-state index contributed by atoms with van der Waals surface area (Å²) in [7, 11) is 0. The molecular weight excluding hydrogens is 316 g/mol. The van der Waals surface area contributed by atoms with Crippen molar-refractivity contribution in [3.63, 3.8) is 0 Å². The van der Waals surface area contributed by atoms with Gasteiger partial charge in [-0.25, -0.2) is 0 Å². The van der Waals surface area contributed by atoms with Crippen LogP contribution in [-0.2, 0) is 19.6 Å². The second kappa shape index (κ2) is 6.72. The lowest BCUT2D eigenvalue weighted by atomic mass is 10.2. The summed E-state index contributed by atoms with van der Waals surface area (Å²) < 4.78 is 13.8. The number of ether oxygens (including phenoxy) is 1. The number of aromatic nitrogens is 3. The molecule has 0 saturated heterocycles. The van der Waals surface area contributed by atoms with Crippen molar-refractivity contribution in [1.29, 1.82) is 0 Å². The van der Waals surface area contributed by atoms with Crippen molar-refractivity contribution in [3.8, 4) is 5.75 Å². The molecule has 25 heavy (non-hydrogen) atoms. The fourth-order valence-corrected chi connectivity index (χ4v) is 3.39. The SMILES string of the molecule is Cc1noc(C)c1CN1Cc2cccn2C[C@H](Oc2cccnc2)C1. The standard InChI is InChI=1S/C19H22N4O2/c1-14-19(15(2)25-21-14)13-22-10-16-5-4-8-23(16)12-18(11-22)24-17-6-3-7-20-9-17/h3-9,18H,10-13H2,1-2H3/t18-/m1/s1. The fourth-order valence-electron chi connectivity index (χ4n) is 3.39. The van der Waals surface area contributed by atoms with Gasteiger partial charge in [0.05, 0.1) is 18.4 Å². The quantitative estimate of drug-likeness (QED) is 0.732. The fraction of sp³-hybridized carbons (Fsp3) is 0.368. The van der Waals surface area contributed by atoms with E-state index in [-0.39, 0.29) is 6.10 Å². The topological polar surface area (TPSA) is 56.3 Å². The van der Waals surface area contributed by atoms with Crippen LogP contribution in [0.1, 0.15) is 22.7 Å². The van der Waals surface area contributed by atoms with Gasteiger partial charge in [0.25, 0.3) is 0 Å². The molecular formula is C19H22N4O2. The van der Waals surface area contributed by atoms with Crippen LogP contribution in [0, 0.1) is 13.8 Å². The highest BCUT2D eigenvalue weighted by Gasteiger charge is 2.24. The van der Waals surface area contributed by atoms with Crippen LogP contribution in [0.4, 0.5) is 0 Å². The predicted octanol–water partition coefficient (Wildman–Crippen LogP) is 2.95. The molecule has 3 aromatic rings. The van der Waals surface area contributed by atoms with E-state index in [9.17, 15) is 0 Å². The van der Waals surface area contributed by atoms with Crippen molar-refractivity contribution in [2.24, 2.45) is 0 Å². The highest BCUT2D eigenvalue weighted by atomic mass is 16.5. The van der Waals surface area contributed by atoms with Crippen LogP contribution < -0.4 is 4.74 Å². The predicted molar refractivity (Wildman–Crippen MR) is 93.2 cm³/mol. The Hall–Kier alpha value is -2.60. The molecule has 3 aromatic heterocycles. The number of rotatable bonds is 4. The van der Waals surface area contributed by atoms with Crippen LogP contribution in [-0.4, -0.2) is 32.3 Å². The lowest BCUT2D eigenvalue weighted by Gasteiger charge is -2.24. The van der Waals surface area contributed by atoms with E-state index in [1.807, 2.05) is 26.0 Å². The highest BCUT2D eigenvalue weighted by Crippen LogP contribution is 2.22. The number of hydrogen-bond acceptors (Lipinski definition) is 5. The van der Waals surface area contributed by atoms with Gasteiger partial charge in [-0.2, -0.15) is 0 Å². The van der Waals surface area contributed by atoms with E-state index in [1.54, 1.807) is 12.4 Å². The molecule has 1 aliphatic rings. The third-order valence-corrected chi connectivity index (χ3v) is 4.67. The smallest absolute Gasteiger partial charge is 0.138 e. The molecule has 4 heterocycles. The molecule has 0 saturated carbocycles. The lowest BCUT2D eigenvalue weighted by Crippen LogP contribution is -2.34. The largest absolute Gasteiger partial charge is 0.486 e. The Balaban J connectivity index is 1.57. The number of aryl methyl sites for hydroxylation is 2. The van der Waals surface area contributed by atoms with Gasteiger partial charge >= 0.3 is 0 Å². The van der Waals surface area contributed by atoms with Crippen molar-refractivity contribution in [2.45, 2.75) is 39.6 Å². The highest BCUT2D eigenvalue weighted by molar-refractivity contribution is 5.21. The average molecular weight is 338 g/mol. The summed E-state index contributed by atoms with van der Waals surface area (Å²) in [5.41, 5.74) is 3.42. The van der Waals surface area contributed by atoms with E-state index in [0.717, 1.165) is 43.4 Å². The molecule has 4 rings (SSSR count). The summed E-state index contributed by atoms with van der Waals surface area (Å²) in [6.45, 7) is 7.31. The summed E-state index contributed by atoms with van der Waals surface area (Å²) in [5, 5.41) is 4.08. The molecule has 0 spiro atoms. The Bertz CT molecular complexity index is 821. The van der Waals surface area contributed by atoms with Gasteiger partial charge in [-0.05, 0) is 38.1 Å². The van der Waals surface area contributed by atoms with Gasteiger partial charge in [-0.1, -0.05) is 5.16 Å². The monoisotopic (exact) mass is 338 g/mol. The summed E-state index contributed by atoms with van der Waals surface area (Å²) in [4.78, 5) is 6.54. The molecule has 0 fully saturated rings. The molecule has 6 nitrogen and oxygen atoms in total. The van der Waals surface area contributed by atoms with Crippen LogP contribution in [0.15, 0.2) is 47.4 Å². The summed E-state index contributed by atoms with van der Waals surface area (Å²) in [5.74, 6) is 1.70. The zero-order valence-corrected chi connectivity index (χ0v) is 14.6. The maximum absolute atomic E-state index is 6.21. The zero-order chi connectivity index (χ0) is 17.2. The Morgan fingerprint density at radius 3 is 2.92 bits per heavy atom. The molecule has 0 unspecified atom stereocenters. The third-order valence-electron chi connectivity index (χ3n) is 4.67. The molecule has 1 atom stereocenters. The first-order valence-corrected chi connectivity index (χ1v) is 8.54. The van der Waals surface area contributed by atoms with Crippen LogP contribution >= 0.6 is 0 Å². The minimum atomic E-state index is 0.0540. The molecule has 1 aliphatic heterocycles. The lowest BCUT2D eigenvalue weighted by molar-refractivity contribution is 0.123. The second-order valence-corrected chi connectivity index (χ2v) is 6.55. The molecule has 130 valence electrons. The van der Waals surface area contributed by atoms with E-state index in [4.69, 9.17) is 9.26 Å². The van der Waals surface area contributed by atoms with Gasteiger partial charge in [-0.3, -0.25) is 9.88 Å². The Kier molecular flexibility index (Phi) is 4.28. The van der Waals surface area contributed by atoms with Crippen molar-refractivity contribution in [1.82, 2.24) is 19.6 Å².